The number of aryl methyl sites for hydroxylation is 1. The fourth-order valence-corrected chi connectivity index (χ4v) is 5.53. The van der Waals surface area contributed by atoms with Crippen LogP contribution in [0.2, 0.25) is 0 Å². The second-order valence-electron chi connectivity index (χ2n) is 8.91. The van der Waals surface area contributed by atoms with Gasteiger partial charge in [0.1, 0.15) is 34.0 Å². The predicted octanol–water partition coefficient (Wildman–Crippen LogP) is 3.53. The molecule has 0 fully saturated rings. The summed E-state index contributed by atoms with van der Waals surface area (Å²) in [5, 5.41) is 11.3. The number of ether oxygens (including phenoxy) is 1. The Hall–Kier alpha value is -5.16. The third-order valence-corrected chi connectivity index (χ3v) is 6.99. The molecule has 7 rings (SSSR count). The van der Waals surface area contributed by atoms with Gasteiger partial charge in [-0.05, 0) is 37.3 Å². The van der Waals surface area contributed by atoms with E-state index in [1.807, 2.05) is 19.1 Å². The van der Waals surface area contributed by atoms with Gasteiger partial charge in [-0.3, -0.25) is 9.36 Å². The van der Waals surface area contributed by atoms with Crippen LogP contribution in [-0.2, 0) is 5.41 Å². The molecule has 2 aliphatic heterocycles. The fraction of sp³-hybridized carbons (Fsp3) is 0.0714. The summed E-state index contributed by atoms with van der Waals surface area (Å²) in [7, 11) is 0. The van der Waals surface area contributed by atoms with Gasteiger partial charge in [0.15, 0.2) is 5.75 Å². The Morgan fingerprint density at radius 2 is 1.78 bits per heavy atom. The van der Waals surface area contributed by atoms with Crippen LogP contribution in [0.3, 0.4) is 0 Å². The highest BCUT2D eigenvalue weighted by Gasteiger charge is 2.57. The quantitative estimate of drug-likeness (QED) is 0.342. The first-order valence-corrected chi connectivity index (χ1v) is 11.2. The Bertz CT molecular complexity index is 2010. The van der Waals surface area contributed by atoms with Crippen molar-refractivity contribution in [3.8, 4) is 17.5 Å². The maximum Gasteiger partial charge on any atom is 0.345 e. The van der Waals surface area contributed by atoms with E-state index in [9.17, 15) is 14.9 Å². The third kappa shape index (κ3) is 2.24. The monoisotopic (exact) mass is 472 g/mol. The lowest BCUT2D eigenvalue weighted by atomic mass is 9.68. The van der Waals surface area contributed by atoms with Crippen molar-refractivity contribution >= 4 is 21.9 Å². The zero-order valence-electron chi connectivity index (χ0n) is 18.9. The molecule has 0 aliphatic carbocycles. The summed E-state index contributed by atoms with van der Waals surface area (Å²) in [5.41, 5.74) is 6.47. The first-order valence-electron chi connectivity index (χ1n) is 11.2. The van der Waals surface area contributed by atoms with E-state index in [-0.39, 0.29) is 34.2 Å². The number of para-hydroxylation sites is 2. The number of aromatic nitrogens is 2. The molecule has 2 aliphatic rings. The maximum absolute atomic E-state index is 13.8. The lowest BCUT2D eigenvalue weighted by molar-refractivity contribution is 0.371. The number of hydrogen-bond donors (Lipinski definition) is 1. The van der Waals surface area contributed by atoms with Crippen molar-refractivity contribution in [2.45, 2.75) is 12.3 Å². The Morgan fingerprint density at radius 3 is 2.58 bits per heavy atom. The minimum absolute atomic E-state index is 0.0298. The highest BCUT2D eigenvalue weighted by Crippen LogP contribution is 2.55. The number of nitriles is 1. The molecular formula is C28H16N4O4. The largest absolute Gasteiger partial charge is 0.439 e. The van der Waals surface area contributed by atoms with Crippen molar-refractivity contribution in [2.24, 2.45) is 5.73 Å². The highest BCUT2D eigenvalue weighted by molar-refractivity contribution is 5.89. The van der Waals surface area contributed by atoms with Gasteiger partial charge in [-0.15, -0.1) is 0 Å². The summed E-state index contributed by atoms with van der Waals surface area (Å²) in [6.45, 7) is 1.89. The Kier molecular flexibility index (Phi) is 3.77. The standard InChI is InChI=1S/C28H16N4O4/c1-14-10-11-20-17(12-14)28(27-31-19-8-4-2-6-15(19)25(33)32(20)27)18(13-29)24(30)36-23-16-7-3-5-9-21(16)35-26(34)22(23)28/h2-12H,30H2,1H3. The van der Waals surface area contributed by atoms with Crippen LogP contribution in [0.1, 0.15) is 22.5 Å². The molecule has 2 aromatic heterocycles. The van der Waals surface area contributed by atoms with Crippen molar-refractivity contribution < 1.29 is 9.15 Å². The van der Waals surface area contributed by atoms with Gasteiger partial charge in [0, 0.05) is 5.56 Å². The number of nitrogens with two attached hydrogens (primary N) is 1. The average Bonchev–Trinajstić information content (AvgIpc) is 3.14. The molecule has 4 heterocycles. The van der Waals surface area contributed by atoms with E-state index in [1.54, 1.807) is 54.6 Å². The number of benzene rings is 3. The molecule has 2 N–H and O–H groups in total. The van der Waals surface area contributed by atoms with Gasteiger partial charge < -0.3 is 14.9 Å². The molecule has 0 radical (unpaired) electrons. The zero-order valence-corrected chi connectivity index (χ0v) is 18.9. The van der Waals surface area contributed by atoms with Crippen LogP contribution in [0.4, 0.5) is 0 Å². The molecule has 1 atom stereocenters. The van der Waals surface area contributed by atoms with Gasteiger partial charge in [-0.1, -0.05) is 42.0 Å². The highest BCUT2D eigenvalue weighted by atomic mass is 16.5. The molecular weight excluding hydrogens is 456 g/mol. The second kappa shape index (κ2) is 6.71. The molecule has 36 heavy (non-hydrogen) atoms. The van der Waals surface area contributed by atoms with Crippen molar-refractivity contribution in [1.29, 1.82) is 5.26 Å². The van der Waals surface area contributed by atoms with E-state index in [2.05, 4.69) is 6.07 Å². The first-order chi connectivity index (χ1) is 17.5. The minimum atomic E-state index is -1.61. The number of rotatable bonds is 0. The molecule has 0 saturated heterocycles. The van der Waals surface area contributed by atoms with Crippen LogP contribution < -0.4 is 21.7 Å². The Labute approximate surface area is 203 Å². The molecule has 0 saturated carbocycles. The van der Waals surface area contributed by atoms with Crippen LogP contribution in [0, 0.1) is 18.3 Å². The van der Waals surface area contributed by atoms with Crippen molar-refractivity contribution in [1.82, 2.24) is 9.55 Å². The zero-order chi connectivity index (χ0) is 24.8. The van der Waals surface area contributed by atoms with Gasteiger partial charge in [0.05, 0.1) is 22.0 Å². The van der Waals surface area contributed by atoms with E-state index in [4.69, 9.17) is 19.9 Å². The van der Waals surface area contributed by atoms with Crippen molar-refractivity contribution in [3.05, 3.63) is 121 Å². The number of allylic oxidation sites excluding steroid dienone is 1. The molecule has 0 amide bonds. The molecule has 8 heteroatoms. The summed E-state index contributed by atoms with van der Waals surface area (Å²) in [6, 6.07) is 21.6. The maximum atomic E-state index is 13.8. The third-order valence-electron chi connectivity index (χ3n) is 6.99. The van der Waals surface area contributed by atoms with Gasteiger partial charge in [0.25, 0.3) is 5.56 Å². The van der Waals surface area contributed by atoms with Crippen LogP contribution in [-0.4, -0.2) is 9.55 Å². The predicted molar refractivity (Wildman–Crippen MR) is 132 cm³/mol. The molecule has 172 valence electrons. The van der Waals surface area contributed by atoms with Gasteiger partial charge in [0.2, 0.25) is 5.88 Å². The van der Waals surface area contributed by atoms with E-state index in [0.29, 0.717) is 33.1 Å². The van der Waals surface area contributed by atoms with Crippen LogP contribution >= 0.6 is 0 Å². The second-order valence-corrected chi connectivity index (χ2v) is 8.91. The van der Waals surface area contributed by atoms with Crippen molar-refractivity contribution in [3.63, 3.8) is 0 Å². The van der Waals surface area contributed by atoms with Gasteiger partial charge in [-0.25, -0.2) is 9.78 Å². The van der Waals surface area contributed by atoms with Crippen molar-refractivity contribution in [2.75, 3.05) is 0 Å². The lowest BCUT2D eigenvalue weighted by Gasteiger charge is -2.34. The number of hydrogen-bond acceptors (Lipinski definition) is 7. The van der Waals surface area contributed by atoms with E-state index in [0.717, 1.165) is 5.56 Å². The summed E-state index contributed by atoms with van der Waals surface area (Å²) < 4.78 is 13.1. The SMILES string of the molecule is Cc1ccc2c(c1)C1(C(C#N)=C(N)Oc3c1c(=O)oc1ccccc31)c1nc3ccccc3c(=O)n1-2. The summed E-state index contributed by atoms with van der Waals surface area (Å²) in [4.78, 5) is 32.4. The molecule has 8 nitrogen and oxygen atoms in total. The average molecular weight is 472 g/mol. The van der Waals surface area contributed by atoms with Crippen LogP contribution in [0.15, 0.2) is 92.2 Å². The molecule has 1 spiro atoms. The Balaban J connectivity index is 1.80. The van der Waals surface area contributed by atoms with E-state index in [1.165, 1.54) is 4.57 Å². The van der Waals surface area contributed by atoms with Gasteiger partial charge >= 0.3 is 5.63 Å². The minimum Gasteiger partial charge on any atom is -0.439 e. The summed E-state index contributed by atoms with van der Waals surface area (Å²) >= 11 is 0. The van der Waals surface area contributed by atoms with Crippen LogP contribution in [0.5, 0.6) is 5.75 Å². The van der Waals surface area contributed by atoms with Crippen LogP contribution in [0.25, 0.3) is 27.6 Å². The number of fused-ring (bicyclic) bond motifs is 10. The summed E-state index contributed by atoms with van der Waals surface area (Å²) in [5.74, 6) is 0.212. The van der Waals surface area contributed by atoms with E-state index >= 15 is 0 Å². The molecule has 5 aromatic rings. The van der Waals surface area contributed by atoms with E-state index < -0.39 is 11.0 Å². The summed E-state index contributed by atoms with van der Waals surface area (Å²) in [6.07, 6.45) is 0. The van der Waals surface area contributed by atoms with Gasteiger partial charge in [-0.2, -0.15) is 5.26 Å². The molecule has 0 bridgehead atoms. The lowest BCUT2D eigenvalue weighted by Crippen LogP contribution is -2.42. The topological polar surface area (TPSA) is 124 Å². The smallest absolute Gasteiger partial charge is 0.345 e. The number of nitrogens with zero attached hydrogens (tertiary/aromatic N) is 3. The molecule has 1 unspecified atom stereocenters. The fourth-order valence-electron chi connectivity index (χ4n) is 5.53. The normalized spacial score (nSPS) is 17.6. The first kappa shape index (κ1) is 20.2. The molecule has 3 aromatic carbocycles. The Morgan fingerprint density at radius 1 is 1.03 bits per heavy atom.